The molecule has 0 bridgehead atoms. The summed E-state index contributed by atoms with van der Waals surface area (Å²) in [6.45, 7) is 3.58. The van der Waals surface area contributed by atoms with Gasteiger partial charge in [0.05, 0.1) is 10.7 Å². The number of carbonyl (C=O) groups excluding carboxylic acids is 2. The van der Waals surface area contributed by atoms with Crippen LogP contribution < -0.4 is 5.32 Å². The molecule has 7 heteroatoms. The Morgan fingerprint density at radius 2 is 2.28 bits per heavy atom. The molecule has 2 aromatic rings. The number of thiazole rings is 1. The first kappa shape index (κ1) is 17.5. The van der Waals surface area contributed by atoms with Gasteiger partial charge in [-0.3, -0.25) is 14.6 Å². The van der Waals surface area contributed by atoms with Gasteiger partial charge < -0.3 is 10.2 Å². The Balaban J connectivity index is 1.61. The molecule has 1 saturated heterocycles. The summed E-state index contributed by atoms with van der Waals surface area (Å²) in [5.41, 5.74) is 1.50. The summed E-state index contributed by atoms with van der Waals surface area (Å²) in [7, 11) is 0. The van der Waals surface area contributed by atoms with Gasteiger partial charge in [-0.15, -0.1) is 11.3 Å². The topological polar surface area (TPSA) is 75.2 Å². The van der Waals surface area contributed by atoms with Crippen molar-refractivity contribution >= 4 is 23.2 Å². The highest BCUT2D eigenvalue weighted by molar-refractivity contribution is 7.09. The minimum atomic E-state index is -0.0218. The van der Waals surface area contributed by atoms with Crippen LogP contribution >= 0.6 is 11.3 Å². The minimum Gasteiger partial charge on any atom is -0.356 e. The molecular weight excluding hydrogens is 336 g/mol. The number of piperidine rings is 1. The molecular formula is C18H22N4O2S. The van der Waals surface area contributed by atoms with Crippen LogP contribution in [0.4, 0.5) is 0 Å². The molecule has 0 radical (unpaired) electrons. The summed E-state index contributed by atoms with van der Waals surface area (Å²) in [4.78, 5) is 34.3. The molecule has 1 N–H and O–H groups in total. The summed E-state index contributed by atoms with van der Waals surface area (Å²) < 4.78 is 0. The summed E-state index contributed by atoms with van der Waals surface area (Å²) in [5.74, 6) is 0.250. The molecule has 2 aromatic heterocycles. The maximum absolute atomic E-state index is 12.6. The zero-order chi connectivity index (χ0) is 17.6. The Morgan fingerprint density at radius 1 is 1.40 bits per heavy atom. The lowest BCUT2D eigenvalue weighted by atomic mass is 9.98. The molecule has 0 aliphatic carbocycles. The van der Waals surface area contributed by atoms with Crippen LogP contribution in [-0.4, -0.2) is 46.3 Å². The first-order chi connectivity index (χ1) is 12.1. The van der Waals surface area contributed by atoms with E-state index in [1.807, 2.05) is 17.0 Å². The fourth-order valence-electron chi connectivity index (χ4n) is 3.01. The lowest BCUT2D eigenvalue weighted by molar-refractivity contribution is -0.118. The second-order valence-corrected chi connectivity index (χ2v) is 7.11. The standard InChI is InChI=1S/C18H22N4O2S/c1-13(23)19-9-7-15-12-25-17(21-15)14-5-4-10-22(11-14)18(24)16-6-2-3-8-20-16/h2-3,6,8,12,14H,4-5,7,9-11H2,1H3,(H,19,23)/t14-/m1/s1. The molecule has 0 saturated carbocycles. The third kappa shape index (κ3) is 4.63. The number of carbonyl (C=O) groups is 2. The van der Waals surface area contributed by atoms with Crippen LogP contribution in [0.3, 0.4) is 0 Å². The molecule has 0 aromatic carbocycles. The monoisotopic (exact) mass is 358 g/mol. The lowest BCUT2D eigenvalue weighted by Crippen LogP contribution is -2.39. The van der Waals surface area contributed by atoms with Crippen molar-refractivity contribution in [2.24, 2.45) is 0 Å². The van der Waals surface area contributed by atoms with Gasteiger partial charge >= 0.3 is 0 Å². The zero-order valence-corrected chi connectivity index (χ0v) is 15.1. The number of pyridine rings is 1. The maximum Gasteiger partial charge on any atom is 0.272 e. The number of nitrogens with zero attached hydrogens (tertiary/aromatic N) is 3. The molecule has 3 heterocycles. The highest BCUT2D eigenvalue weighted by Crippen LogP contribution is 2.29. The van der Waals surface area contributed by atoms with Crippen molar-refractivity contribution in [2.75, 3.05) is 19.6 Å². The van der Waals surface area contributed by atoms with Crippen LogP contribution in [-0.2, 0) is 11.2 Å². The maximum atomic E-state index is 12.6. The lowest BCUT2D eigenvalue weighted by Gasteiger charge is -2.31. The largest absolute Gasteiger partial charge is 0.356 e. The van der Waals surface area contributed by atoms with Gasteiger partial charge in [-0.1, -0.05) is 6.07 Å². The predicted octanol–water partition coefficient (Wildman–Crippen LogP) is 2.24. The third-order valence-electron chi connectivity index (χ3n) is 4.27. The quantitative estimate of drug-likeness (QED) is 0.889. The van der Waals surface area contributed by atoms with E-state index in [9.17, 15) is 9.59 Å². The molecule has 1 fully saturated rings. The van der Waals surface area contributed by atoms with Gasteiger partial charge in [-0.2, -0.15) is 0 Å². The highest BCUT2D eigenvalue weighted by Gasteiger charge is 2.27. The molecule has 6 nitrogen and oxygen atoms in total. The Bertz CT molecular complexity index is 732. The molecule has 1 aliphatic heterocycles. The summed E-state index contributed by atoms with van der Waals surface area (Å²) in [5, 5.41) is 5.92. The number of likely N-dealkylation sites (tertiary alicyclic amines) is 1. The van der Waals surface area contributed by atoms with E-state index in [4.69, 9.17) is 4.98 Å². The summed E-state index contributed by atoms with van der Waals surface area (Å²) in [6.07, 6.45) is 4.41. The Kier molecular flexibility index (Phi) is 5.75. The van der Waals surface area contributed by atoms with Crippen LogP contribution in [0.15, 0.2) is 29.8 Å². The number of hydrogen-bond acceptors (Lipinski definition) is 5. The molecule has 2 amide bonds. The van der Waals surface area contributed by atoms with Gasteiger partial charge in [0.15, 0.2) is 0 Å². The molecule has 1 atom stereocenters. The zero-order valence-electron chi connectivity index (χ0n) is 14.3. The van der Waals surface area contributed by atoms with E-state index in [-0.39, 0.29) is 17.7 Å². The van der Waals surface area contributed by atoms with E-state index in [1.54, 1.807) is 23.6 Å². The van der Waals surface area contributed by atoms with Crippen molar-refractivity contribution in [2.45, 2.75) is 32.1 Å². The Hall–Kier alpha value is -2.28. The molecule has 25 heavy (non-hydrogen) atoms. The van der Waals surface area contributed by atoms with Gasteiger partial charge in [0.25, 0.3) is 5.91 Å². The van der Waals surface area contributed by atoms with E-state index in [1.165, 1.54) is 6.92 Å². The van der Waals surface area contributed by atoms with E-state index in [0.717, 1.165) is 36.5 Å². The molecule has 0 spiro atoms. The Labute approximate surface area is 151 Å². The van der Waals surface area contributed by atoms with Crippen LogP contribution in [0.25, 0.3) is 0 Å². The molecule has 0 unspecified atom stereocenters. The fraction of sp³-hybridized carbons (Fsp3) is 0.444. The normalized spacial score (nSPS) is 17.3. The Morgan fingerprint density at radius 3 is 3.04 bits per heavy atom. The second kappa shape index (κ2) is 8.20. The SMILES string of the molecule is CC(=O)NCCc1csc([C@@H]2CCCN(C(=O)c3ccccn3)C2)n1. The van der Waals surface area contributed by atoms with Crippen molar-refractivity contribution < 1.29 is 9.59 Å². The van der Waals surface area contributed by atoms with Crippen molar-refractivity contribution in [3.05, 3.63) is 46.2 Å². The van der Waals surface area contributed by atoms with Crippen LogP contribution in [0.1, 0.15) is 46.9 Å². The smallest absolute Gasteiger partial charge is 0.272 e. The van der Waals surface area contributed by atoms with Crippen LogP contribution in [0.2, 0.25) is 0 Å². The fourth-order valence-corrected chi connectivity index (χ4v) is 3.99. The number of amides is 2. The number of nitrogens with one attached hydrogen (secondary N) is 1. The molecule has 132 valence electrons. The molecule has 1 aliphatic rings. The minimum absolute atomic E-state index is 0.00672. The van der Waals surface area contributed by atoms with E-state index >= 15 is 0 Å². The summed E-state index contributed by atoms with van der Waals surface area (Å²) >= 11 is 1.65. The molecule has 3 rings (SSSR count). The average Bonchev–Trinajstić information content (AvgIpc) is 3.10. The van der Waals surface area contributed by atoms with Crippen molar-refractivity contribution in [1.82, 2.24) is 20.2 Å². The van der Waals surface area contributed by atoms with E-state index in [2.05, 4.69) is 15.7 Å². The van der Waals surface area contributed by atoms with Gasteiger partial charge in [0.1, 0.15) is 5.69 Å². The highest BCUT2D eigenvalue weighted by atomic mass is 32.1. The number of aromatic nitrogens is 2. The summed E-state index contributed by atoms with van der Waals surface area (Å²) in [6, 6.07) is 5.41. The van der Waals surface area contributed by atoms with Crippen LogP contribution in [0.5, 0.6) is 0 Å². The average molecular weight is 358 g/mol. The first-order valence-electron chi connectivity index (χ1n) is 8.52. The number of rotatable bonds is 5. The van der Waals surface area contributed by atoms with E-state index in [0.29, 0.717) is 18.8 Å². The third-order valence-corrected chi connectivity index (χ3v) is 5.32. The van der Waals surface area contributed by atoms with Crippen molar-refractivity contribution in [3.63, 3.8) is 0 Å². The second-order valence-electron chi connectivity index (χ2n) is 6.22. The van der Waals surface area contributed by atoms with Gasteiger partial charge in [0, 0.05) is 50.5 Å². The van der Waals surface area contributed by atoms with Gasteiger partial charge in [-0.05, 0) is 25.0 Å². The van der Waals surface area contributed by atoms with Crippen molar-refractivity contribution in [1.29, 1.82) is 0 Å². The predicted molar refractivity (Wildman–Crippen MR) is 96.6 cm³/mol. The van der Waals surface area contributed by atoms with Gasteiger partial charge in [0.2, 0.25) is 5.91 Å². The van der Waals surface area contributed by atoms with Gasteiger partial charge in [-0.25, -0.2) is 4.98 Å². The number of hydrogen-bond donors (Lipinski definition) is 1. The first-order valence-corrected chi connectivity index (χ1v) is 9.40. The van der Waals surface area contributed by atoms with Crippen LogP contribution in [0, 0.1) is 0 Å². The van der Waals surface area contributed by atoms with Crippen molar-refractivity contribution in [3.8, 4) is 0 Å². The van der Waals surface area contributed by atoms with E-state index < -0.39 is 0 Å².